The molecule has 0 bridgehead atoms. The van der Waals surface area contributed by atoms with Crippen LogP contribution in [-0.4, -0.2) is 6.18 Å². The molecule has 0 heterocycles. The van der Waals surface area contributed by atoms with Crippen molar-refractivity contribution < 1.29 is 13.2 Å². The third kappa shape index (κ3) is 4.51. The Morgan fingerprint density at radius 3 is 2.50 bits per heavy atom. The molecule has 0 radical (unpaired) electrons. The van der Waals surface area contributed by atoms with E-state index in [0.717, 1.165) is 11.1 Å². The summed E-state index contributed by atoms with van der Waals surface area (Å²) in [7, 11) is 0. The van der Waals surface area contributed by atoms with Crippen molar-refractivity contribution in [2.75, 3.05) is 0 Å². The second-order valence-electron chi connectivity index (χ2n) is 3.86. The molecule has 0 aliphatic rings. The summed E-state index contributed by atoms with van der Waals surface area (Å²) in [6.45, 7) is 3.68. The first-order chi connectivity index (χ1) is 7.40. The van der Waals surface area contributed by atoms with E-state index in [1.54, 1.807) is 6.92 Å². The Labute approximate surface area is 93.8 Å². The smallest absolute Gasteiger partial charge is 0.167 e. The van der Waals surface area contributed by atoms with Gasteiger partial charge in [-0.1, -0.05) is 42.3 Å². The van der Waals surface area contributed by atoms with Gasteiger partial charge in [-0.05, 0) is 25.3 Å². The quantitative estimate of drug-likeness (QED) is 0.671. The van der Waals surface area contributed by atoms with Gasteiger partial charge in [0.15, 0.2) is 0 Å². The summed E-state index contributed by atoms with van der Waals surface area (Å²) < 4.78 is 36.6. The van der Waals surface area contributed by atoms with E-state index in [9.17, 15) is 13.2 Å². The van der Waals surface area contributed by atoms with Gasteiger partial charge in [-0.2, -0.15) is 13.2 Å². The average molecular weight is 228 g/mol. The molecule has 0 amide bonds. The van der Waals surface area contributed by atoms with Crippen molar-refractivity contribution in [2.45, 2.75) is 32.9 Å². The van der Waals surface area contributed by atoms with Crippen LogP contribution in [0, 0.1) is 6.92 Å². The molecule has 1 aromatic carbocycles. The zero-order valence-corrected chi connectivity index (χ0v) is 9.43. The zero-order chi connectivity index (χ0) is 12.2. The molecule has 0 fully saturated rings. The van der Waals surface area contributed by atoms with Crippen LogP contribution in [0.3, 0.4) is 0 Å². The molecule has 0 nitrogen and oxygen atoms in total. The average Bonchev–Trinajstić information content (AvgIpc) is 2.14. The van der Waals surface area contributed by atoms with Crippen LogP contribution in [0.25, 0.3) is 0 Å². The molecule has 0 unspecified atom stereocenters. The third-order valence-corrected chi connectivity index (χ3v) is 2.34. The Kier molecular flexibility index (Phi) is 4.16. The summed E-state index contributed by atoms with van der Waals surface area (Å²) in [6.07, 6.45) is -3.00. The molecule has 0 saturated carbocycles. The Morgan fingerprint density at radius 2 is 2.00 bits per heavy atom. The topological polar surface area (TPSA) is 0 Å². The van der Waals surface area contributed by atoms with Crippen LogP contribution in [0.15, 0.2) is 35.9 Å². The van der Waals surface area contributed by atoms with E-state index in [1.807, 2.05) is 31.2 Å². The number of hydrogen-bond acceptors (Lipinski definition) is 0. The molecule has 0 aliphatic carbocycles. The Balaban J connectivity index is 2.82. The van der Waals surface area contributed by atoms with Gasteiger partial charge in [-0.15, -0.1) is 0 Å². The number of halogens is 3. The molecule has 1 rings (SSSR count). The van der Waals surface area contributed by atoms with Crippen LogP contribution in [0.1, 0.15) is 24.5 Å². The van der Waals surface area contributed by atoms with Gasteiger partial charge >= 0.3 is 6.18 Å². The second kappa shape index (κ2) is 5.19. The van der Waals surface area contributed by atoms with Crippen molar-refractivity contribution in [3.63, 3.8) is 0 Å². The number of allylic oxidation sites excluding steroid dienone is 2. The molecule has 0 aliphatic heterocycles. The lowest BCUT2D eigenvalue weighted by Gasteiger charge is -2.08. The van der Waals surface area contributed by atoms with Gasteiger partial charge in [-0.3, -0.25) is 0 Å². The van der Waals surface area contributed by atoms with Crippen molar-refractivity contribution in [1.82, 2.24) is 0 Å². The normalized spacial score (nSPS) is 12.9. The lowest BCUT2D eigenvalue weighted by Crippen LogP contribution is -2.04. The maximum absolute atomic E-state index is 12.2. The first-order valence-corrected chi connectivity index (χ1v) is 5.23. The van der Waals surface area contributed by atoms with Gasteiger partial charge in [0.05, 0.1) is 0 Å². The van der Waals surface area contributed by atoms with E-state index >= 15 is 0 Å². The predicted octanol–water partition coefficient (Wildman–Crippen LogP) is 4.44. The Bertz CT molecular complexity index is 375. The monoisotopic (exact) mass is 228 g/mol. The first kappa shape index (κ1) is 12.8. The highest BCUT2D eigenvalue weighted by atomic mass is 19.4. The summed E-state index contributed by atoms with van der Waals surface area (Å²) in [5.74, 6) is 0. The minimum Gasteiger partial charge on any atom is -0.167 e. The molecule has 0 spiro atoms. The molecule has 16 heavy (non-hydrogen) atoms. The van der Waals surface area contributed by atoms with Crippen molar-refractivity contribution in [3.05, 3.63) is 47.0 Å². The lowest BCUT2D eigenvalue weighted by molar-refractivity contribution is -0.0806. The highest BCUT2D eigenvalue weighted by molar-refractivity contribution is 5.26. The van der Waals surface area contributed by atoms with E-state index in [1.165, 1.54) is 0 Å². The maximum Gasteiger partial charge on any atom is 0.409 e. The molecule has 1 aromatic rings. The van der Waals surface area contributed by atoms with Crippen LogP contribution in [-0.2, 0) is 6.42 Å². The molecule has 0 N–H and O–H groups in total. The number of aryl methyl sites for hydroxylation is 1. The van der Waals surface area contributed by atoms with Crippen molar-refractivity contribution in [2.24, 2.45) is 0 Å². The largest absolute Gasteiger partial charge is 0.409 e. The lowest BCUT2D eigenvalue weighted by atomic mass is 10.0. The van der Waals surface area contributed by atoms with Gasteiger partial charge in [0.1, 0.15) is 0 Å². The number of hydrogen-bond donors (Lipinski definition) is 0. The fourth-order valence-corrected chi connectivity index (χ4v) is 1.59. The minimum atomic E-state index is -4.21. The fraction of sp³-hybridized carbons (Fsp3) is 0.385. The summed E-state index contributed by atoms with van der Waals surface area (Å²) in [5.41, 5.74) is 2.41. The number of rotatable bonds is 3. The predicted molar refractivity (Wildman–Crippen MR) is 59.3 cm³/mol. The van der Waals surface area contributed by atoms with Gasteiger partial charge in [0.2, 0.25) is 0 Å². The maximum atomic E-state index is 12.2. The van der Waals surface area contributed by atoms with Crippen molar-refractivity contribution in [1.29, 1.82) is 0 Å². The molecule has 3 heteroatoms. The van der Waals surface area contributed by atoms with E-state index in [-0.39, 0.29) is 0 Å². The van der Waals surface area contributed by atoms with E-state index in [4.69, 9.17) is 0 Å². The van der Waals surface area contributed by atoms with E-state index in [2.05, 4.69) is 0 Å². The summed E-state index contributed by atoms with van der Waals surface area (Å²) >= 11 is 0. The van der Waals surface area contributed by atoms with E-state index < -0.39 is 6.18 Å². The van der Waals surface area contributed by atoms with Gasteiger partial charge in [-0.25, -0.2) is 0 Å². The van der Waals surface area contributed by atoms with Crippen molar-refractivity contribution in [3.8, 4) is 0 Å². The van der Waals surface area contributed by atoms with Crippen LogP contribution in [0.5, 0.6) is 0 Å². The summed E-state index contributed by atoms with van der Waals surface area (Å²) in [4.78, 5) is 0. The van der Waals surface area contributed by atoms with Gasteiger partial charge < -0.3 is 0 Å². The van der Waals surface area contributed by atoms with Crippen LogP contribution >= 0.6 is 0 Å². The second-order valence-corrected chi connectivity index (χ2v) is 3.86. The van der Waals surface area contributed by atoms with Gasteiger partial charge in [0, 0.05) is 6.08 Å². The Hall–Kier alpha value is -1.25. The van der Waals surface area contributed by atoms with Crippen LogP contribution in [0.4, 0.5) is 13.2 Å². The fourth-order valence-electron chi connectivity index (χ4n) is 1.59. The number of benzene rings is 1. The SMILES string of the molecule is CC/C(=C\C(F)(F)F)Cc1cccc(C)c1. The molecular formula is C13H15F3. The summed E-state index contributed by atoms with van der Waals surface area (Å²) in [6, 6.07) is 7.57. The molecular weight excluding hydrogens is 213 g/mol. The highest BCUT2D eigenvalue weighted by Crippen LogP contribution is 2.22. The van der Waals surface area contributed by atoms with Gasteiger partial charge in [0.25, 0.3) is 0 Å². The minimum absolute atomic E-state index is 0.373. The molecule has 0 atom stereocenters. The zero-order valence-electron chi connectivity index (χ0n) is 9.43. The Morgan fingerprint density at radius 1 is 1.31 bits per heavy atom. The number of alkyl halides is 3. The molecule has 0 aromatic heterocycles. The molecule has 88 valence electrons. The van der Waals surface area contributed by atoms with Crippen LogP contribution < -0.4 is 0 Å². The summed E-state index contributed by atoms with van der Waals surface area (Å²) in [5, 5.41) is 0. The van der Waals surface area contributed by atoms with Crippen molar-refractivity contribution >= 4 is 0 Å². The van der Waals surface area contributed by atoms with Crippen LogP contribution in [0.2, 0.25) is 0 Å². The van der Waals surface area contributed by atoms with E-state index in [0.29, 0.717) is 24.5 Å². The molecule has 0 saturated heterocycles. The standard InChI is InChI=1S/C13H15F3/c1-3-11(9-13(14,15)16)8-12-6-4-5-10(2)7-12/h4-7,9H,3,8H2,1-2H3/b11-9+. The third-order valence-electron chi connectivity index (χ3n) is 2.34. The first-order valence-electron chi connectivity index (χ1n) is 5.23. The highest BCUT2D eigenvalue weighted by Gasteiger charge is 2.23.